The minimum absolute atomic E-state index is 0.0308. The van der Waals surface area contributed by atoms with E-state index < -0.39 is 27.9 Å². The number of benzene rings is 1. The van der Waals surface area contributed by atoms with E-state index in [9.17, 15) is 9.18 Å². The summed E-state index contributed by atoms with van der Waals surface area (Å²) < 4.78 is 11.7. The van der Waals surface area contributed by atoms with Crippen LogP contribution in [0.1, 0.15) is 11.5 Å². The average Bonchev–Trinajstić information content (AvgIpc) is 2.74. The second-order valence-corrected chi connectivity index (χ2v) is 5.56. The molecule has 0 radical (unpaired) electrons. The zero-order valence-corrected chi connectivity index (χ0v) is 10.2. The molecular formula is C10H7Cl3FNO. The molecule has 2 rings (SSSR count). The predicted molar refractivity (Wildman–Crippen MR) is 61.3 cm³/mol. The second kappa shape index (κ2) is 3.76. The average molecular weight is 283 g/mol. The van der Waals surface area contributed by atoms with Gasteiger partial charge in [-0.1, -0.05) is 17.7 Å². The Morgan fingerprint density at radius 2 is 2.06 bits per heavy atom. The number of rotatable bonds is 2. The molecule has 0 bridgehead atoms. The molecule has 1 fully saturated rings. The molecule has 2 N–H and O–H groups in total. The van der Waals surface area contributed by atoms with Gasteiger partial charge in [-0.3, -0.25) is 4.79 Å². The van der Waals surface area contributed by atoms with E-state index in [1.54, 1.807) is 0 Å². The summed E-state index contributed by atoms with van der Waals surface area (Å²) in [5, 5.41) is -0.0308. The van der Waals surface area contributed by atoms with E-state index in [0.717, 1.165) is 0 Å². The molecule has 0 aromatic heterocycles. The molecule has 6 heteroatoms. The van der Waals surface area contributed by atoms with Crippen LogP contribution in [0.25, 0.3) is 0 Å². The third kappa shape index (κ3) is 1.77. The molecule has 0 unspecified atom stereocenters. The minimum atomic E-state index is -1.22. The van der Waals surface area contributed by atoms with Crippen LogP contribution in [0.15, 0.2) is 18.2 Å². The highest BCUT2D eigenvalue weighted by Crippen LogP contribution is 2.64. The quantitative estimate of drug-likeness (QED) is 0.833. The van der Waals surface area contributed by atoms with Crippen molar-refractivity contribution in [2.75, 3.05) is 0 Å². The lowest BCUT2D eigenvalue weighted by Gasteiger charge is -2.01. The van der Waals surface area contributed by atoms with Crippen molar-refractivity contribution in [3.05, 3.63) is 34.6 Å². The molecule has 0 aliphatic heterocycles. The molecular weight excluding hydrogens is 275 g/mol. The summed E-state index contributed by atoms with van der Waals surface area (Å²) in [5.74, 6) is -2.18. The maximum absolute atomic E-state index is 12.9. The van der Waals surface area contributed by atoms with Crippen molar-refractivity contribution < 1.29 is 9.18 Å². The second-order valence-electron chi connectivity index (χ2n) is 3.71. The van der Waals surface area contributed by atoms with Gasteiger partial charge in [-0.2, -0.15) is 0 Å². The van der Waals surface area contributed by atoms with Crippen molar-refractivity contribution in [3.8, 4) is 0 Å². The molecule has 1 aromatic carbocycles. The molecule has 86 valence electrons. The number of amides is 1. The van der Waals surface area contributed by atoms with Crippen LogP contribution in [-0.4, -0.2) is 10.2 Å². The van der Waals surface area contributed by atoms with Crippen LogP contribution in [0.3, 0.4) is 0 Å². The number of alkyl halides is 2. The van der Waals surface area contributed by atoms with Gasteiger partial charge in [0.15, 0.2) is 0 Å². The van der Waals surface area contributed by atoms with Crippen LogP contribution in [0, 0.1) is 11.7 Å². The summed E-state index contributed by atoms with van der Waals surface area (Å²) in [6.07, 6.45) is 0. The van der Waals surface area contributed by atoms with Crippen LogP contribution in [0.2, 0.25) is 5.02 Å². The van der Waals surface area contributed by atoms with Gasteiger partial charge in [0.05, 0.1) is 10.9 Å². The van der Waals surface area contributed by atoms with Crippen molar-refractivity contribution in [3.63, 3.8) is 0 Å². The lowest BCUT2D eigenvalue weighted by Crippen LogP contribution is -2.16. The van der Waals surface area contributed by atoms with Gasteiger partial charge >= 0.3 is 0 Å². The largest absolute Gasteiger partial charge is 0.369 e. The number of hydrogen-bond acceptors (Lipinski definition) is 1. The number of carbonyl (C=O) groups excluding carboxylic acids is 1. The molecule has 1 saturated carbocycles. The normalized spacial score (nSPS) is 26.5. The molecule has 0 spiro atoms. The lowest BCUT2D eigenvalue weighted by molar-refractivity contribution is -0.119. The Bertz CT molecular complexity index is 463. The van der Waals surface area contributed by atoms with Gasteiger partial charge < -0.3 is 5.73 Å². The van der Waals surface area contributed by atoms with Crippen molar-refractivity contribution in [1.29, 1.82) is 0 Å². The fraction of sp³-hybridized carbons (Fsp3) is 0.300. The van der Waals surface area contributed by atoms with Crippen LogP contribution >= 0.6 is 34.8 Å². The highest BCUT2D eigenvalue weighted by Gasteiger charge is 2.67. The summed E-state index contributed by atoms with van der Waals surface area (Å²) in [4.78, 5) is 11.1. The Morgan fingerprint density at radius 1 is 1.44 bits per heavy atom. The fourth-order valence-corrected chi connectivity index (χ4v) is 2.84. The zero-order valence-electron chi connectivity index (χ0n) is 7.88. The Morgan fingerprint density at radius 3 is 2.50 bits per heavy atom. The van der Waals surface area contributed by atoms with Crippen LogP contribution in [0.4, 0.5) is 4.39 Å². The Balaban J connectivity index is 2.33. The number of nitrogens with two attached hydrogens (primary N) is 1. The van der Waals surface area contributed by atoms with E-state index in [2.05, 4.69) is 0 Å². The third-order valence-corrected chi connectivity index (χ3v) is 3.89. The fourth-order valence-electron chi connectivity index (χ4n) is 1.80. The summed E-state index contributed by atoms with van der Waals surface area (Å²) >= 11 is 17.5. The Hall–Kier alpha value is -0.510. The minimum Gasteiger partial charge on any atom is -0.369 e. The number of carbonyl (C=O) groups is 1. The molecule has 0 heterocycles. The van der Waals surface area contributed by atoms with E-state index in [-0.39, 0.29) is 5.02 Å². The van der Waals surface area contributed by atoms with Gasteiger partial charge in [0.25, 0.3) is 0 Å². The molecule has 1 amide bonds. The SMILES string of the molecule is NC(=O)[C@H]1[C@H](c2ccc(F)c(Cl)c2)C1(Cl)Cl. The number of primary amides is 1. The first-order chi connectivity index (χ1) is 7.35. The maximum Gasteiger partial charge on any atom is 0.224 e. The predicted octanol–water partition coefficient (Wildman–Crippen LogP) is 2.85. The summed E-state index contributed by atoms with van der Waals surface area (Å²) in [6, 6.07) is 4.11. The number of halogens is 4. The smallest absolute Gasteiger partial charge is 0.224 e. The summed E-state index contributed by atoms with van der Waals surface area (Å²) in [7, 11) is 0. The standard InChI is InChI=1S/C10H7Cl3FNO/c11-5-3-4(1-2-6(5)14)7-8(9(15)16)10(7,12)13/h1-3,7-8H,(H2,15,16)/t7-,8+/m0/s1. The first kappa shape index (κ1) is 12.0. The summed E-state index contributed by atoms with van der Waals surface area (Å²) in [5.41, 5.74) is 5.77. The molecule has 0 saturated heterocycles. The van der Waals surface area contributed by atoms with E-state index >= 15 is 0 Å². The van der Waals surface area contributed by atoms with Crippen LogP contribution < -0.4 is 5.73 Å². The van der Waals surface area contributed by atoms with Crippen molar-refractivity contribution >= 4 is 40.7 Å². The summed E-state index contributed by atoms with van der Waals surface area (Å²) in [6.45, 7) is 0. The highest BCUT2D eigenvalue weighted by molar-refractivity contribution is 6.53. The van der Waals surface area contributed by atoms with E-state index in [1.165, 1.54) is 18.2 Å². The van der Waals surface area contributed by atoms with Gasteiger partial charge in [-0.15, -0.1) is 23.2 Å². The van der Waals surface area contributed by atoms with Gasteiger partial charge in [0.1, 0.15) is 10.2 Å². The molecule has 1 aliphatic carbocycles. The Labute approximate surface area is 106 Å². The van der Waals surface area contributed by atoms with Crippen LogP contribution in [0.5, 0.6) is 0 Å². The first-order valence-electron chi connectivity index (χ1n) is 4.47. The van der Waals surface area contributed by atoms with E-state index in [4.69, 9.17) is 40.5 Å². The Kier molecular flexibility index (Phi) is 2.81. The molecule has 16 heavy (non-hydrogen) atoms. The molecule has 2 atom stereocenters. The van der Waals surface area contributed by atoms with Gasteiger partial charge in [-0.05, 0) is 17.7 Å². The third-order valence-electron chi connectivity index (χ3n) is 2.66. The number of hydrogen-bond donors (Lipinski definition) is 1. The molecule has 2 nitrogen and oxygen atoms in total. The van der Waals surface area contributed by atoms with Gasteiger partial charge in [-0.25, -0.2) is 4.39 Å². The molecule has 1 aromatic rings. The van der Waals surface area contributed by atoms with Gasteiger partial charge in [0.2, 0.25) is 5.91 Å². The van der Waals surface area contributed by atoms with Gasteiger partial charge in [0, 0.05) is 5.92 Å². The molecule has 1 aliphatic rings. The van der Waals surface area contributed by atoms with E-state index in [1.807, 2.05) is 0 Å². The lowest BCUT2D eigenvalue weighted by atomic mass is 10.1. The maximum atomic E-state index is 12.9. The van der Waals surface area contributed by atoms with E-state index in [0.29, 0.717) is 5.56 Å². The topological polar surface area (TPSA) is 43.1 Å². The first-order valence-corrected chi connectivity index (χ1v) is 5.61. The van der Waals surface area contributed by atoms with Crippen molar-refractivity contribution in [2.24, 2.45) is 11.7 Å². The monoisotopic (exact) mass is 281 g/mol. The zero-order chi connectivity index (χ0) is 12.1. The highest BCUT2D eigenvalue weighted by atomic mass is 35.5. The van der Waals surface area contributed by atoms with Crippen LogP contribution in [-0.2, 0) is 4.79 Å². The van der Waals surface area contributed by atoms with Crippen molar-refractivity contribution in [2.45, 2.75) is 10.3 Å². The van der Waals surface area contributed by atoms with Crippen molar-refractivity contribution in [1.82, 2.24) is 0 Å².